The van der Waals surface area contributed by atoms with Crippen LogP contribution in [0.25, 0.3) is 0 Å². The van der Waals surface area contributed by atoms with Crippen molar-refractivity contribution in [1.82, 2.24) is 10.2 Å². The molecule has 0 spiro atoms. The number of aliphatic carboxylic acids is 1. The Morgan fingerprint density at radius 3 is 2.48 bits per heavy atom. The van der Waals surface area contributed by atoms with E-state index in [1.54, 1.807) is 25.7 Å². The molecule has 1 saturated heterocycles. The number of carbonyl (C=O) groups is 3. The van der Waals surface area contributed by atoms with Crippen molar-refractivity contribution in [3.8, 4) is 0 Å². The number of carboxylic acid groups (broad SMARTS) is 1. The molecule has 2 N–H and O–H groups in total. The summed E-state index contributed by atoms with van der Waals surface area (Å²) in [5.74, 6) is -1.24. The third-order valence-electron chi connectivity index (χ3n) is 4.35. The SMILES string of the molecule is CCC(NC(=O)C(C)N1CCCCC1=O)C(C)(C)C(=O)O. The van der Waals surface area contributed by atoms with Gasteiger partial charge in [-0.15, -0.1) is 0 Å². The zero-order valence-corrected chi connectivity index (χ0v) is 13.3. The zero-order valence-electron chi connectivity index (χ0n) is 13.3. The van der Waals surface area contributed by atoms with Gasteiger partial charge in [0.2, 0.25) is 11.8 Å². The van der Waals surface area contributed by atoms with Crippen molar-refractivity contribution in [3.63, 3.8) is 0 Å². The number of nitrogens with zero attached hydrogens (tertiary/aromatic N) is 1. The molecule has 0 aromatic carbocycles. The molecule has 0 aliphatic carbocycles. The molecule has 0 saturated carbocycles. The summed E-state index contributed by atoms with van der Waals surface area (Å²) in [6.45, 7) is 7.32. The van der Waals surface area contributed by atoms with E-state index in [9.17, 15) is 19.5 Å². The van der Waals surface area contributed by atoms with Crippen LogP contribution in [0, 0.1) is 5.41 Å². The first kappa shape index (κ1) is 17.5. The number of amides is 2. The van der Waals surface area contributed by atoms with E-state index in [0.29, 0.717) is 19.4 Å². The van der Waals surface area contributed by atoms with Crippen molar-refractivity contribution in [3.05, 3.63) is 0 Å². The number of rotatable bonds is 6. The Balaban J connectivity index is 2.74. The van der Waals surface area contributed by atoms with Crippen LogP contribution in [-0.4, -0.2) is 46.4 Å². The fourth-order valence-corrected chi connectivity index (χ4v) is 2.61. The quantitative estimate of drug-likeness (QED) is 0.776. The van der Waals surface area contributed by atoms with E-state index in [1.807, 2.05) is 6.92 Å². The number of piperidine rings is 1. The highest BCUT2D eigenvalue weighted by Gasteiger charge is 2.38. The van der Waals surface area contributed by atoms with Gasteiger partial charge in [0.1, 0.15) is 6.04 Å². The van der Waals surface area contributed by atoms with Crippen LogP contribution in [0.15, 0.2) is 0 Å². The van der Waals surface area contributed by atoms with Gasteiger partial charge in [-0.25, -0.2) is 0 Å². The minimum absolute atomic E-state index is 0.00515. The maximum absolute atomic E-state index is 12.3. The molecule has 2 amide bonds. The minimum Gasteiger partial charge on any atom is -0.481 e. The first-order chi connectivity index (χ1) is 9.71. The van der Waals surface area contributed by atoms with Gasteiger partial charge in [0, 0.05) is 19.0 Å². The highest BCUT2D eigenvalue weighted by molar-refractivity contribution is 5.88. The Labute approximate surface area is 125 Å². The average molecular weight is 298 g/mol. The minimum atomic E-state index is -1.05. The summed E-state index contributed by atoms with van der Waals surface area (Å²) >= 11 is 0. The van der Waals surface area contributed by atoms with Crippen molar-refractivity contribution in [2.45, 2.75) is 65.5 Å². The fraction of sp³-hybridized carbons (Fsp3) is 0.800. The predicted molar refractivity (Wildman–Crippen MR) is 78.7 cm³/mol. The molecule has 21 heavy (non-hydrogen) atoms. The molecular weight excluding hydrogens is 272 g/mol. The van der Waals surface area contributed by atoms with E-state index < -0.39 is 23.5 Å². The molecule has 6 nitrogen and oxygen atoms in total. The predicted octanol–water partition coefficient (Wildman–Crippen LogP) is 1.39. The normalized spacial score (nSPS) is 19.0. The highest BCUT2D eigenvalue weighted by Crippen LogP contribution is 2.24. The van der Waals surface area contributed by atoms with Crippen molar-refractivity contribution in [1.29, 1.82) is 0 Å². The van der Waals surface area contributed by atoms with Crippen LogP contribution in [0.3, 0.4) is 0 Å². The third kappa shape index (κ3) is 3.95. The van der Waals surface area contributed by atoms with Crippen molar-refractivity contribution in [2.75, 3.05) is 6.54 Å². The molecule has 1 heterocycles. The Morgan fingerprint density at radius 1 is 1.38 bits per heavy atom. The first-order valence-electron chi connectivity index (χ1n) is 7.55. The first-order valence-corrected chi connectivity index (χ1v) is 7.55. The van der Waals surface area contributed by atoms with Crippen LogP contribution in [0.1, 0.15) is 53.4 Å². The summed E-state index contributed by atoms with van der Waals surface area (Å²) in [5.41, 5.74) is -1.05. The molecule has 1 aliphatic heterocycles. The highest BCUT2D eigenvalue weighted by atomic mass is 16.4. The van der Waals surface area contributed by atoms with Crippen LogP contribution >= 0.6 is 0 Å². The molecule has 0 aromatic heterocycles. The summed E-state index contributed by atoms with van der Waals surface area (Å²) in [7, 11) is 0. The number of likely N-dealkylation sites (tertiary alicyclic amines) is 1. The van der Waals surface area contributed by atoms with Crippen LogP contribution < -0.4 is 5.32 Å². The van der Waals surface area contributed by atoms with E-state index in [4.69, 9.17) is 0 Å². The molecule has 6 heteroatoms. The fourth-order valence-electron chi connectivity index (χ4n) is 2.61. The lowest BCUT2D eigenvalue weighted by Crippen LogP contribution is -2.55. The van der Waals surface area contributed by atoms with Gasteiger partial charge >= 0.3 is 5.97 Å². The maximum atomic E-state index is 12.3. The summed E-state index contributed by atoms with van der Waals surface area (Å²) in [6.07, 6.45) is 2.77. The smallest absolute Gasteiger partial charge is 0.311 e. The van der Waals surface area contributed by atoms with Gasteiger partial charge in [0.05, 0.1) is 5.41 Å². The standard InChI is InChI=1S/C15H26N2O4/c1-5-11(15(3,4)14(20)21)16-13(19)10(2)17-9-7-6-8-12(17)18/h10-11H,5-9H2,1-4H3,(H,16,19)(H,20,21). The summed E-state index contributed by atoms with van der Waals surface area (Å²) in [5, 5.41) is 12.1. The largest absolute Gasteiger partial charge is 0.481 e. The molecule has 0 aromatic rings. The second kappa shape index (κ2) is 6.91. The number of hydrogen-bond donors (Lipinski definition) is 2. The molecule has 0 radical (unpaired) electrons. The molecule has 2 atom stereocenters. The zero-order chi connectivity index (χ0) is 16.2. The van der Waals surface area contributed by atoms with Gasteiger partial charge in [0.15, 0.2) is 0 Å². The summed E-state index contributed by atoms with van der Waals surface area (Å²) in [6, 6.07) is -1.03. The Hall–Kier alpha value is -1.59. The lowest BCUT2D eigenvalue weighted by Gasteiger charge is -2.35. The van der Waals surface area contributed by atoms with E-state index in [2.05, 4.69) is 5.32 Å². The topological polar surface area (TPSA) is 86.7 Å². The van der Waals surface area contributed by atoms with Gasteiger partial charge in [0.25, 0.3) is 0 Å². The molecule has 120 valence electrons. The van der Waals surface area contributed by atoms with E-state index in [0.717, 1.165) is 12.8 Å². The van der Waals surface area contributed by atoms with E-state index >= 15 is 0 Å². The van der Waals surface area contributed by atoms with Crippen LogP contribution in [-0.2, 0) is 14.4 Å². The summed E-state index contributed by atoms with van der Waals surface area (Å²) < 4.78 is 0. The van der Waals surface area contributed by atoms with Crippen LogP contribution in [0.2, 0.25) is 0 Å². The second-order valence-electron chi connectivity index (χ2n) is 6.22. The van der Waals surface area contributed by atoms with Crippen LogP contribution in [0.4, 0.5) is 0 Å². The molecule has 1 aliphatic rings. The van der Waals surface area contributed by atoms with Crippen LogP contribution in [0.5, 0.6) is 0 Å². The van der Waals surface area contributed by atoms with Crippen molar-refractivity contribution in [2.24, 2.45) is 5.41 Å². The molecule has 1 rings (SSSR count). The van der Waals surface area contributed by atoms with Gasteiger partial charge in [-0.3, -0.25) is 14.4 Å². The van der Waals surface area contributed by atoms with Gasteiger partial charge < -0.3 is 15.3 Å². The average Bonchev–Trinajstić information content (AvgIpc) is 2.43. The molecule has 0 bridgehead atoms. The lowest BCUT2D eigenvalue weighted by atomic mass is 9.83. The Bertz CT molecular complexity index is 420. The Morgan fingerprint density at radius 2 is 2.00 bits per heavy atom. The number of carboxylic acids is 1. The van der Waals surface area contributed by atoms with Gasteiger partial charge in [-0.05, 0) is 40.0 Å². The van der Waals surface area contributed by atoms with E-state index in [1.165, 1.54) is 0 Å². The molecule has 1 fully saturated rings. The van der Waals surface area contributed by atoms with Crippen molar-refractivity contribution < 1.29 is 19.5 Å². The van der Waals surface area contributed by atoms with E-state index in [-0.39, 0.29) is 11.8 Å². The molecular formula is C15H26N2O4. The molecule has 2 unspecified atom stereocenters. The Kier molecular flexibility index (Phi) is 5.75. The monoisotopic (exact) mass is 298 g/mol. The second-order valence-corrected chi connectivity index (χ2v) is 6.22. The van der Waals surface area contributed by atoms with Gasteiger partial charge in [-0.2, -0.15) is 0 Å². The van der Waals surface area contributed by atoms with Gasteiger partial charge in [-0.1, -0.05) is 6.92 Å². The third-order valence-corrected chi connectivity index (χ3v) is 4.35. The number of nitrogens with one attached hydrogen (secondary N) is 1. The number of hydrogen-bond acceptors (Lipinski definition) is 3. The number of carbonyl (C=O) groups excluding carboxylic acids is 2. The van der Waals surface area contributed by atoms with Crippen molar-refractivity contribution >= 4 is 17.8 Å². The summed E-state index contributed by atoms with van der Waals surface area (Å²) in [4.78, 5) is 37.1. The maximum Gasteiger partial charge on any atom is 0.311 e. The lowest BCUT2D eigenvalue weighted by molar-refractivity contribution is -0.150.